The van der Waals surface area contributed by atoms with Crippen molar-refractivity contribution in [3.05, 3.63) is 54.0 Å². The van der Waals surface area contributed by atoms with Crippen LogP contribution in [0.4, 0.5) is 5.82 Å². The molecule has 1 fully saturated rings. The van der Waals surface area contributed by atoms with Gasteiger partial charge < -0.3 is 4.90 Å². The van der Waals surface area contributed by atoms with Crippen molar-refractivity contribution in [3.63, 3.8) is 0 Å². The highest BCUT2D eigenvalue weighted by molar-refractivity contribution is 6.07. The number of hydrogen-bond donors (Lipinski definition) is 0. The fraction of sp³-hybridized carbons (Fsp3) is 0.421. The number of carbonyl (C=O) groups excluding carboxylic acids is 1. The van der Waals surface area contributed by atoms with Gasteiger partial charge in [0.25, 0.3) is 0 Å². The van der Waals surface area contributed by atoms with Gasteiger partial charge in [-0.25, -0.2) is 4.98 Å². The Balaban J connectivity index is 1.77. The Morgan fingerprint density at radius 3 is 2.71 bits per heavy atom. The van der Waals surface area contributed by atoms with Gasteiger partial charge in [0.1, 0.15) is 11.5 Å². The second kappa shape index (κ2) is 7.53. The van der Waals surface area contributed by atoms with Crippen LogP contribution in [-0.4, -0.2) is 52.9 Å². The average molecular weight is 324 g/mol. The predicted molar refractivity (Wildman–Crippen MR) is 95.4 cm³/mol. The third kappa shape index (κ3) is 3.79. The topological polar surface area (TPSA) is 49.3 Å². The van der Waals surface area contributed by atoms with E-state index in [0.29, 0.717) is 17.3 Å². The van der Waals surface area contributed by atoms with Crippen LogP contribution in [0.1, 0.15) is 36.3 Å². The summed E-state index contributed by atoms with van der Waals surface area (Å²) in [4.78, 5) is 26.0. The van der Waals surface area contributed by atoms with Gasteiger partial charge in [-0.2, -0.15) is 0 Å². The lowest BCUT2D eigenvalue weighted by atomic mass is 10.1. The van der Waals surface area contributed by atoms with Crippen LogP contribution in [0.5, 0.6) is 0 Å². The van der Waals surface area contributed by atoms with Crippen molar-refractivity contribution in [1.82, 2.24) is 14.9 Å². The van der Waals surface area contributed by atoms with Gasteiger partial charge in [0, 0.05) is 50.2 Å². The molecule has 0 atom stereocenters. The van der Waals surface area contributed by atoms with E-state index in [-0.39, 0.29) is 5.78 Å². The molecule has 0 bridgehead atoms. The normalized spacial score (nSPS) is 16.2. The zero-order valence-electron chi connectivity index (χ0n) is 14.4. The summed E-state index contributed by atoms with van der Waals surface area (Å²) in [7, 11) is 0. The molecule has 2 aromatic rings. The highest BCUT2D eigenvalue weighted by atomic mass is 16.1. The number of rotatable bonds is 4. The standard InChI is InChI=1S/C19H24N4O/c1-15(2)22-10-5-11-23(13-12-22)18-8-3-7-17(21-18)19(24)16-6-4-9-20-14-16/h3-4,6-9,14-15H,5,10-13H2,1-2H3. The number of nitrogens with zero attached hydrogens (tertiary/aromatic N) is 4. The molecule has 3 rings (SSSR count). The summed E-state index contributed by atoms with van der Waals surface area (Å²) in [5.41, 5.74) is 1.05. The van der Waals surface area contributed by atoms with Crippen LogP contribution < -0.4 is 4.90 Å². The molecule has 0 unspecified atom stereocenters. The molecule has 0 N–H and O–H groups in total. The number of aromatic nitrogens is 2. The molecule has 126 valence electrons. The summed E-state index contributed by atoms with van der Waals surface area (Å²) in [5.74, 6) is 0.805. The Morgan fingerprint density at radius 2 is 1.96 bits per heavy atom. The molecule has 24 heavy (non-hydrogen) atoms. The molecule has 1 aliphatic rings. The third-order valence-electron chi connectivity index (χ3n) is 4.48. The van der Waals surface area contributed by atoms with E-state index in [1.807, 2.05) is 12.1 Å². The van der Waals surface area contributed by atoms with Crippen LogP contribution in [0.25, 0.3) is 0 Å². The van der Waals surface area contributed by atoms with Crippen molar-refractivity contribution in [2.24, 2.45) is 0 Å². The first-order valence-corrected chi connectivity index (χ1v) is 8.56. The molecule has 5 nitrogen and oxygen atoms in total. The zero-order chi connectivity index (χ0) is 16.9. The lowest BCUT2D eigenvalue weighted by Crippen LogP contribution is -2.35. The highest BCUT2D eigenvalue weighted by Gasteiger charge is 2.19. The van der Waals surface area contributed by atoms with Crippen LogP contribution >= 0.6 is 0 Å². The first kappa shape index (κ1) is 16.6. The van der Waals surface area contributed by atoms with Gasteiger partial charge in [0.05, 0.1) is 0 Å². The van der Waals surface area contributed by atoms with Crippen molar-refractivity contribution < 1.29 is 4.79 Å². The Labute approximate surface area is 143 Å². The van der Waals surface area contributed by atoms with Gasteiger partial charge in [-0.3, -0.25) is 14.7 Å². The summed E-state index contributed by atoms with van der Waals surface area (Å²) in [6.07, 6.45) is 4.36. The Bertz CT molecular complexity index is 687. The number of pyridine rings is 2. The lowest BCUT2D eigenvalue weighted by Gasteiger charge is -2.25. The maximum absolute atomic E-state index is 12.6. The number of hydrogen-bond acceptors (Lipinski definition) is 5. The van der Waals surface area contributed by atoms with Crippen molar-refractivity contribution in [1.29, 1.82) is 0 Å². The van der Waals surface area contributed by atoms with Crippen LogP contribution in [-0.2, 0) is 0 Å². The molecule has 0 aliphatic carbocycles. The van der Waals surface area contributed by atoms with Crippen molar-refractivity contribution >= 4 is 11.6 Å². The number of anilines is 1. The molecule has 3 heterocycles. The lowest BCUT2D eigenvalue weighted by molar-refractivity contribution is 0.103. The van der Waals surface area contributed by atoms with E-state index in [1.165, 1.54) is 0 Å². The third-order valence-corrected chi connectivity index (χ3v) is 4.48. The van der Waals surface area contributed by atoms with Gasteiger partial charge in [-0.15, -0.1) is 0 Å². The fourth-order valence-corrected chi connectivity index (χ4v) is 3.05. The molecule has 2 aromatic heterocycles. The first-order valence-electron chi connectivity index (χ1n) is 8.56. The zero-order valence-corrected chi connectivity index (χ0v) is 14.4. The summed E-state index contributed by atoms with van der Waals surface area (Å²) < 4.78 is 0. The van der Waals surface area contributed by atoms with Crippen molar-refractivity contribution in [3.8, 4) is 0 Å². The second-order valence-corrected chi connectivity index (χ2v) is 6.42. The predicted octanol–water partition coefficient (Wildman–Crippen LogP) is 2.63. The van der Waals surface area contributed by atoms with E-state index in [2.05, 4.69) is 33.6 Å². The minimum atomic E-state index is -0.0800. The average Bonchev–Trinajstić information content (AvgIpc) is 2.88. The molecule has 0 spiro atoms. The van der Waals surface area contributed by atoms with Crippen LogP contribution in [0, 0.1) is 0 Å². The van der Waals surface area contributed by atoms with Crippen LogP contribution in [0.3, 0.4) is 0 Å². The SMILES string of the molecule is CC(C)N1CCCN(c2cccc(C(=O)c3cccnc3)n2)CC1. The Kier molecular flexibility index (Phi) is 5.20. The molecule has 0 amide bonds. The van der Waals surface area contributed by atoms with Gasteiger partial charge >= 0.3 is 0 Å². The maximum atomic E-state index is 12.6. The van der Waals surface area contributed by atoms with Crippen LogP contribution in [0.2, 0.25) is 0 Å². The van der Waals surface area contributed by atoms with E-state index < -0.39 is 0 Å². The molecule has 0 aromatic carbocycles. The molecule has 1 saturated heterocycles. The molecule has 5 heteroatoms. The molecule has 0 saturated carbocycles. The number of ketones is 1. The largest absolute Gasteiger partial charge is 0.355 e. The van der Waals surface area contributed by atoms with E-state index >= 15 is 0 Å². The minimum absolute atomic E-state index is 0.0800. The number of carbonyl (C=O) groups is 1. The first-order chi connectivity index (χ1) is 11.6. The summed E-state index contributed by atoms with van der Waals surface area (Å²) in [6.45, 7) is 8.53. The van der Waals surface area contributed by atoms with Gasteiger partial charge in [0.15, 0.2) is 0 Å². The summed E-state index contributed by atoms with van der Waals surface area (Å²) in [5, 5.41) is 0. The molecule has 0 radical (unpaired) electrons. The van der Waals surface area contributed by atoms with Crippen molar-refractivity contribution in [2.45, 2.75) is 26.3 Å². The maximum Gasteiger partial charge on any atom is 0.212 e. The van der Waals surface area contributed by atoms with E-state index in [4.69, 9.17) is 0 Å². The monoisotopic (exact) mass is 324 g/mol. The molecule has 1 aliphatic heterocycles. The van der Waals surface area contributed by atoms with Gasteiger partial charge in [0.2, 0.25) is 5.78 Å². The Hall–Kier alpha value is -2.27. The fourth-order valence-electron chi connectivity index (χ4n) is 3.05. The second-order valence-electron chi connectivity index (χ2n) is 6.42. The quantitative estimate of drug-likeness (QED) is 0.809. The van der Waals surface area contributed by atoms with E-state index in [0.717, 1.165) is 38.4 Å². The smallest absolute Gasteiger partial charge is 0.212 e. The Morgan fingerprint density at radius 1 is 1.08 bits per heavy atom. The highest BCUT2D eigenvalue weighted by Crippen LogP contribution is 2.17. The summed E-state index contributed by atoms with van der Waals surface area (Å²) >= 11 is 0. The van der Waals surface area contributed by atoms with Crippen molar-refractivity contribution in [2.75, 3.05) is 31.1 Å². The van der Waals surface area contributed by atoms with E-state index in [1.54, 1.807) is 30.6 Å². The molecular weight excluding hydrogens is 300 g/mol. The minimum Gasteiger partial charge on any atom is -0.355 e. The van der Waals surface area contributed by atoms with Crippen LogP contribution in [0.15, 0.2) is 42.7 Å². The van der Waals surface area contributed by atoms with E-state index in [9.17, 15) is 4.79 Å². The molecular formula is C19H24N4O. The van der Waals surface area contributed by atoms with Gasteiger partial charge in [-0.1, -0.05) is 6.07 Å². The van der Waals surface area contributed by atoms with Gasteiger partial charge in [-0.05, 0) is 44.5 Å². The summed E-state index contributed by atoms with van der Waals surface area (Å²) in [6, 6.07) is 9.79.